The second-order valence-electron chi connectivity index (χ2n) is 13.0. The SMILES string of the molecule is CC(=O)/C=C(/C)O.CC1(C)C(c2ccccc2)=Cc2[c-]c(-c3nccc4c[c]([Ge]([CH3])([CH3])[CH3])ccc34)cc(-c3ccccc3)c21.[Ir]. The van der Waals surface area contributed by atoms with Crippen molar-refractivity contribution in [2.24, 2.45) is 0 Å². The Bertz CT molecular complexity index is 1900. The third-order valence-electron chi connectivity index (χ3n) is 8.15. The number of rotatable bonds is 5. The average Bonchev–Trinajstić information content (AvgIpc) is 3.26. The van der Waals surface area contributed by atoms with Crippen LogP contribution in [0, 0.1) is 6.07 Å². The second kappa shape index (κ2) is 13.8. The molecular weight excluding hydrogens is 791 g/mol. The van der Waals surface area contributed by atoms with Crippen LogP contribution in [-0.4, -0.2) is 29.1 Å². The van der Waals surface area contributed by atoms with Crippen LogP contribution in [0.1, 0.15) is 44.4 Å². The minimum Gasteiger partial charge on any atom is 0 e. The van der Waals surface area contributed by atoms with Crippen LogP contribution in [0.2, 0.25) is 17.3 Å². The van der Waals surface area contributed by atoms with Crippen molar-refractivity contribution in [1.29, 1.82) is 0 Å². The molecule has 0 saturated heterocycles. The number of nitrogens with zero attached hydrogens (tertiary/aromatic N) is 1. The number of allylic oxidation sites excluding steroid dienone is 3. The first-order chi connectivity index (χ1) is 20.9. The van der Waals surface area contributed by atoms with E-state index in [1.54, 1.807) is 0 Å². The number of aliphatic hydroxyl groups is 1. The number of hydrogen-bond acceptors (Lipinski definition) is 3. The Morgan fingerprint density at radius 1 is 0.867 bits per heavy atom. The first-order valence-corrected chi connectivity index (χ1v) is 22.4. The zero-order valence-corrected chi connectivity index (χ0v) is 31.5. The molecule has 0 saturated carbocycles. The van der Waals surface area contributed by atoms with Gasteiger partial charge in [0.15, 0.2) is 5.78 Å². The van der Waals surface area contributed by atoms with Crippen molar-refractivity contribution in [2.45, 2.75) is 50.4 Å². The maximum atomic E-state index is 10.0. The average molecular weight is 832 g/mol. The molecule has 45 heavy (non-hydrogen) atoms. The molecule has 0 amide bonds. The Morgan fingerprint density at radius 2 is 1.49 bits per heavy atom. The largest absolute Gasteiger partial charge is 0 e. The number of carbonyl (C=O) groups excluding carboxylic acids is 1. The topological polar surface area (TPSA) is 50.2 Å². The van der Waals surface area contributed by atoms with E-state index in [1.807, 2.05) is 6.20 Å². The number of aliphatic hydroxyl groups excluding tert-OH is 1. The van der Waals surface area contributed by atoms with Crippen LogP contribution in [0.4, 0.5) is 0 Å². The van der Waals surface area contributed by atoms with Crippen LogP contribution in [0.25, 0.3) is 44.8 Å². The van der Waals surface area contributed by atoms with Gasteiger partial charge in [-0.05, 0) is 13.8 Å². The predicted molar refractivity (Wildman–Crippen MR) is 189 cm³/mol. The van der Waals surface area contributed by atoms with Crippen molar-refractivity contribution in [3.8, 4) is 22.4 Å². The molecule has 1 aliphatic carbocycles. The standard InChI is InChI=1S/C35H32GeN.C5H8O2.Ir/c1-35(2)32(25-14-10-7-11-15-25)23-27-20-28(22-31(33(27)35)24-12-8-6-9-13-24)34-30-17-16-29(36(3,4)5)21-26(30)18-19-37-34;1-4(6)3-5(2)7;/h6-19,21-23H,1-5H3;3,6H,1-2H3;/q-1;;/b;4-3-;. The van der Waals surface area contributed by atoms with Gasteiger partial charge in [-0.2, -0.15) is 0 Å². The molecule has 0 aliphatic heterocycles. The van der Waals surface area contributed by atoms with Gasteiger partial charge in [0.25, 0.3) is 0 Å². The summed E-state index contributed by atoms with van der Waals surface area (Å²) in [6.07, 6.45) is 5.46. The van der Waals surface area contributed by atoms with Crippen molar-refractivity contribution >= 4 is 45.9 Å². The maximum absolute atomic E-state index is 10.0. The van der Waals surface area contributed by atoms with Crippen molar-refractivity contribution in [1.82, 2.24) is 4.98 Å². The van der Waals surface area contributed by atoms with Gasteiger partial charge in [0, 0.05) is 26.2 Å². The molecule has 1 radical (unpaired) electrons. The fraction of sp³-hybridized carbons (Fsp3) is 0.200. The molecule has 1 N–H and O–H groups in total. The zero-order chi connectivity index (χ0) is 31.6. The van der Waals surface area contributed by atoms with E-state index >= 15 is 0 Å². The summed E-state index contributed by atoms with van der Waals surface area (Å²) in [6, 6.07) is 36.8. The molecule has 3 nitrogen and oxygen atoms in total. The van der Waals surface area contributed by atoms with Crippen LogP contribution in [0.15, 0.2) is 109 Å². The van der Waals surface area contributed by atoms with Crippen LogP contribution in [0.5, 0.6) is 0 Å². The third kappa shape index (κ3) is 7.47. The maximum Gasteiger partial charge on any atom is 0 e. The van der Waals surface area contributed by atoms with Gasteiger partial charge in [-0.1, -0.05) is 18.2 Å². The van der Waals surface area contributed by atoms with Gasteiger partial charge in [-0.25, -0.2) is 0 Å². The number of ketones is 1. The number of pyridine rings is 1. The monoisotopic (exact) mass is 833 g/mol. The Labute approximate surface area is 283 Å². The van der Waals surface area contributed by atoms with E-state index in [0.717, 1.165) is 11.3 Å². The molecule has 1 aromatic heterocycles. The molecular formula is C40H40GeIrNO2-. The first-order valence-electron chi connectivity index (χ1n) is 15.1. The molecule has 0 fully saturated rings. The van der Waals surface area contributed by atoms with Gasteiger partial charge in [0.05, 0.1) is 5.76 Å². The quantitative estimate of drug-likeness (QED) is 0.0831. The number of hydrogen-bond donors (Lipinski definition) is 1. The summed E-state index contributed by atoms with van der Waals surface area (Å²) in [5.41, 5.74) is 9.51. The van der Waals surface area contributed by atoms with Crippen LogP contribution in [0.3, 0.4) is 0 Å². The molecule has 4 aromatic carbocycles. The molecule has 0 spiro atoms. The Hall–Kier alpha value is -3.57. The van der Waals surface area contributed by atoms with E-state index in [-0.39, 0.29) is 37.1 Å². The van der Waals surface area contributed by atoms with E-state index < -0.39 is 13.3 Å². The normalized spacial score (nSPS) is 13.7. The number of aromatic nitrogens is 1. The van der Waals surface area contributed by atoms with E-state index in [0.29, 0.717) is 0 Å². The number of carbonyl (C=O) groups is 1. The van der Waals surface area contributed by atoms with E-state index in [4.69, 9.17) is 10.1 Å². The molecule has 0 bridgehead atoms. The molecule has 6 rings (SSSR count). The fourth-order valence-corrected chi connectivity index (χ4v) is 8.49. The minimum atomic E-state index is -1.93. The van der Waals surface area contributed by atoms with Crippen molar-refractivity contribution < 1.29 is 30.0 Å². The molecule has 0 atom stereocenters. The summed E-state index contributed by atoms with van der Waals surface area (Å²) in [5.74, 6) is 7.28. The zero-order valence-electron chi connectivity index (χ0n) is 27.0. The summed E-state index contributed by atoms with van der Waals surface area (Å²) >= 11 is -1.93. The van der Waals surface area contributed by atoms with Gasteiger partial charge in [-0.15, -0.1) is 0 Å². The van der Waals surface area contributed by atoms with E-state index in [2.05, 4.69) is 134 Å². The van der Waals surface area contributed by atoms with Crippen molar-refractivity contribution in [3.63, 3.8) is 0 Å². The van der Waals surface area contributed by atoms with E-state index in [1.165, 1.54) is 68.5 Å². The molecule has 1 heterocycles. The minimum absolute atomic E-state index is 0. The van der Waals surface area contributed by atoms with Crippen LogP contribution >= 0.6 is 0 Å². The second-order valence-corrected chi connectivity index (χ2v) is 23.7. The third-order valence-corrected chi connectivity index (χ3v) is 12.4. The van der Waals surface area contributed by atoms with Crippen LogP contribution in [-0.2, 0) is 30.3 Å². The molecule has 0 unspecified atom stereocenters. The van der Waals surface area contributed by atoms with Gasteiger partial charge in [-0.3, -0.25) is 4.79 Å². The Kier molecular flexibility index (Phi) is 10.5. The van der Waals surface area contributed by atoms with Crippen LogP contribution < -0.4 is 4.40 Å². The summed E-state index contributed by atoms with van der Waals surface area (Å²) in [4.78, 5) is 14.9. The van der Waals surface area contributed by atoms with Gasteiger partial charge in [0.1, 0.15) is 0 Å². The van der Waals surface area contributed by atoms with Gasteiger partial charge in [0.2, 0.25) is 0 Å². The Balaban J connectivity index is 0.000000519. The van der Waals surface area contributed by atoms with Crippen molar-refractivity contribution in [3.05, 3.63) is 132 Å². The van der Waals surface area contributed by atoms with E-state index in [9.17, 15) is 4.79 Å². The summed E-state index contributed by atoms with van der Waals surface area (Å²) in [6.45, 7) is 7.53. The van der Waals surface area contributed by atoms with Gasteiger partial charge >= 0.3 is 206 Å². The number of benzene rings is 4. The summed E-state index contributed by atoms with van der Waals surface area (Å²) in [5, 5.41) is 10.8. The van der Waals surface area contributed by atoms with Crippen molar-refractivity contribution in [2.75, 3.05) is 0 Å². The first kappa shape index (κ1) is 34.3. The number of fused-ring (bicyclic) bond motifs is 2. The smallest absolute Gasteiger partial charge is 0 e. The fourth-order valence-electron chi connectivity index (χ4n) is 6.03. The molecule has 5 aromatic rings. The summed E-state index contributed by atoms with van der Waals surface area (Å²) in [7, 11) is 0. The molecule has 5 heteroatoms. The summed E-state index contributed by atoms with van der Waals surface area (Å²) < 4.78 is 1.52. The molecule has 1 aliphatic rings. The Morgan fingerprint density at radius 3 is 2.04 bits per heavy atom. The molecule has 231 valence electrons. The predicted octanol–water partition coefficient (Wildman–Crippen LogP) is 9.78. The van der Waals surface area contributed by atoms with Gasteiger partial charge < -0.3 is 5.11 Å².